The number of amides is 2. The number of rotatable bonds is 13. The first-order valence-electron chi connectivity index (χ1n) is 16.2. The number of aromatic amines is 1. The van der Waals surface area contributed by atoms with Crippen LogP contribution in [0.5, 0.6) is 0 Å². The molecule has 0 radical (unpaired) electrons. The Morgan fingerprint density at radius 1 is 0.773 bits per heavy atom. The molecule has 44 heavy (non-hydrogen) atoms. The van der Waals surface area contributed by atoms with Gasteiger partial charge in [-0.3, -0.25) is 9.59 Å². The van der Waals surface area contributed by atoms with E-state index in [0.29, 0.717) is 32.4 Å². The Labute approximate surface area is 260 Å². The number of piperazine rings is 1. The van der Waals surface area contributed by atoms with E-state index in [0.717, 1.165) is 43.6 Å². The van der Waals surface area contributed by atoms with Crippen molar-refractivity contribution in [2.24, 2.45) is 0 Å². The summed E-state index contributed by atoms with van der Waals surface area (Å²) in [6.07, 6.45) is 8.68. The molecule has 1 aromatic heterocycles. The van der Waals surface area contributed by atoms with Crippen LogP contribution in [-0.4, -0.2) is 71.0 Å². The predicted octanol–water partition coefficient (Wildman–Crippen LogP) is 5.50. The number of aryl methyl sites for hydroxylation is 1. The summed E-state index contributed by atoms with van der Waals surface area (Å²) in [6, 6.07) is 28.2. The second kappa shape index (κ2) is 14.2. The van der Waals surface area contributed by atoms with E-state index >= 15 is 0 Å². The molecule has 7 nitrogen and oxygen atoms in total. The zero-order chi connectivity index (χ0) is 30.2. The van der Waals surface area contributed by atoms with Crippen molar-refractivity contribution in [3.63, 3.8) is 0 Å². The molecule has 2 aliphatic heterocycles. The molecule has 3 heterocycles. The maximum atomic E-state index is 14.1. The molecule has 3 aromatic carbocycles. The molecule has 1 unspecified atom stereocenters. The average molecular weight is 593 g/mol. The Bertz CT molecular complexity index is 1510. The monoisotopic (exact) mass is 592 g/mol. The minimum atomic E-state index is -0.817. The van der Waals surface area contributed by atoms with Crippen LogP contribution < -0.4 is 5.32 Å². The third kappa shape index (κ3) is 6.90. The zero-order valence-electron chi connectivity index (χ0n) is 25.5. The highest BCUT2D eigenvalue weighted by molar-refractivity contribution is 6.00. The fourth-order valence-electron chi connectivity index (χ4n) is 6.88. The molecule has 1 atom stereocenters. The summed E-state index contributed by atoms with van der Waals surface area (Å²) in [7, 11) is 0. The van der Waals surface area contributed by atoms with E-state index in [1.54, 1.807) is 0 Å². The Hall–Kier alpha value is -3.94. The van der Waals surface area contributed by atoms with Gasteiger partial charge in [0.25, 0.3) is 0 Å². The number of aromatic nitrogens is 1. The van der Waals surface area contributed by atoms with E-state index in [9.17, 15) is 9.59 Å². The number of para-hydroxylation sites is 1. The van der Waals surface area contributed by atoms with E-state index in [4.69, 9.17) is 4.74 Å². The Balaban J connectivity index is 1.08. The van der Waals surface area contributed by atoms with E-state index in [1.807, 2.05) is 53.6 Å². The summed E-state index contributed by atoms with van der Waals surface area (Å²) in [4.78, 5) is 35.7. The van der Waals surface area contributed by atoms with Gasteiger partial charge in [-0.2, -0.15) is 0 Å². The van der Waals surface area contributed by atoms with Crippen molar-refractivity contribution in [3.05, 3.63) is 108 Å². The Morgan fingerprint density at radius 2 is 1.48 bits per heavy atom. The van der Waals surface area contributed by atoms with Crippen LogP contribution in [0, 0.1) is 0 Å². The van der Waals surface area contributed by atoms with Gasteiger partial charge in [0, 0.05) is 36.7 Å². The van der Waals surface area contributed by atoms with Crippen LogP contribution in [0.3, 0.4) is 0 Å². The van der Waals surface area contributed by atoms with Crippen molar-refractivity contribution in [3.8, 4) is 0 Å². The zero-order valence-corrected chi connectivity index (χ0v) is 25.5. The number of fused-ring (bicyclic) bond motifs is 1. The maximum absolute atomic E-state index is 14.1. The summed E-state index contributed by atoms with van der Waals surface area (Å²) in [5, 5.41) is 4.24. The molecule has 4 aromatic rings. The van der Waals surface area contributed by atoms with E-state index in [-0.39, 0.29) is 18.4 Å². The minimum absolute atomic E-state index is 0.0353. The van der Waals surface area contributed by atoms with Gasteiger partial charge in [-0.05, 0) is 67.8 Å². The number of carbonyl (C=O) groups is 2. The van der Waals surface area contributed by atoms with Crippen molar-refractivity contribution in [1.82, 2.24) is 20.1 Å². The first-order chi connectivity index (χ1) is 21.6. The SMILES string of the molecule is O=C1C(COCc2ccccc2)NC(=O)C2(CCN(CCCCCc3ccccc3)CC2)N1CCc1c[nH]c2ccccc12. The third-order valence-electron chi connectivity index (χ3n) is 9.45. The number of nitrogens with zero attached hydrogens (tertiary/aromatic N) is 2. The quantitative estimate of drug-likeness (QED) is 0.201. The fraction of sp³-hybridized carbons (Fsp3) is 0.405. The number of unbranched alkanes of at least 4 members (excludes halogenated alkanes) is 2. The van der Waals surface area contributed by atoms with Crippen molar-refractivity contribution in [1.29, 1.82) is 0 Å². The second-order valence-electron chi connectivity index (χ2n) is 12.3. The normalized spacial score (nSPS) is 18.6. The molecular weight excluding hydrogens is 548 g/mol. The van der Waals surface area contributed by atoms with Crippen LogP contribution in [0.2, 0.25) is 0 Å². The molecule has 0 saturated carbocycles. The second-order valence-corrected chi connectivity index (χ2v) is 12.3. The fourth-order valence-corrected chi connectivity index (χ4v) is 6.88. The van der Waals surface area contributed by atoms with Gasteiger partial charge in [-0.25, -0.2) is 0 Å². The number of carbonyl (C=O) groups excluding carboxylic acids is 2. The maximum Gasteiger partial charge on any atom is 0.248 e. The lowest BCUT2D eigenvalue weighted by molar-refractivity contribution is -0.163. The van der Waals surface area contributed by atoms with Gasteiger partial charge < -0.3 is 24.8 Å². The molecule has 1 spiro atoms. The van der Waals surface area contributed by atoms with Gasteiger partial charge in [-0.1, -0.05) is 85.3 Å². The number of hydrogen-bond donors (Lipinski definition) is 2. The summed E-state index contributed by atoms with van der Waals surface area (Å²) < 4.78 is 5.94. The molecule has 6 rings (SSSR count). The van der Waals surface area contributed by atoms with E-state index in [1.165, 1.54) is 29.4 Å². The molecule has 2 fully saturated rings. The highest BCUT2D eigenvalue weighted by Gasteiger charge is 2.53. The topological polar surface area (TPSA) is 77.7 Å². The summed E-state index contributed by atoms with van der Waals surface area (Å²) >= 11 is 0. The Kier molecular flexibility index (Phi) is 9.73. The molecule has 2 amide bonds. The number of hydrogen-bond acceptors (Lipinski definition) is 4. The van der Waals surface area contributed by atoms with E-state index in [2.05, 4.69) is 57.7 Å². The van der Waals surface area contributed by atoms with Gasteiger partial charge in [0.15, 0.2) is 0 Å². The lowest BCUT2D eigenvalue weighted by atomic mass is 9.81. The molecular formula is C37H44N4O3. The number of nitrogens with one attached hydrogen (secondary N) is 2. The Morgan fingerprint density at radius 3 is 2.25 bits per heavy atom. The smallest absolute Gasteiger partial charge is 0.248 e. The van der Waals surface area contributed by atoms with Gasteiger partial charge in [0.2, 0.25) is 11.8 Å². The highest BCUT2D eigenvalue weighted by atomic mass is 16.5. The van der Waals surface area contributed by atoms with Crippen LogP contribution in [0.25, 0.3) is 10.9 Å². The van der Waals surface area contributed by atoms with E-state index < -0.39 is 11.6 Å². The average Bonchev–Trinajstić information content (AvgIpc) is 3.48. The third-order valence-corrected chi connectivity index (χ3v) is 9.45. The van der Waals surface area contributed by atoms with Gasteiger partial charge >= 0.3 is 0 Å². The molecule has 2 aliphatic rings. The molecule has 2 N–H and O–H groups in total. The largest absolute Gasteiger partial charge is 0.374 e. The minimum Gasteiger partial charge on any atom is -0.374 e. The van der Waals surface area contributed by atoms with Crippen molar-refractivity contribution in [2.75, 3.05) is 32.8 Å². The number of benzene rings is 3. The van der Waals surface area contributed by atoms with Crippen LogP contribution >= 0.6 is 0 Å². The van der Waals surface area contributed by atoms with Crippen LogP contribution in [0.1, 0.15) is 48.8 Å². The van der Waals surface area contributed by atoms with Gasteiger partial charge in [0.05, 0.1) is 13.2 Å². The standard InChI is InChI=1S/C37H44N4O3/c42-35-34(28-44-27-30-15-6-2-7-16-30)39-36(43)37(41(35)23-19-31-26-38-33-18-10-9-17-32(31)33)20-24-40(25-21-37)22-11-3-8-14-29-12-4-1-5-13-29/h1-2,4-7,9-10,12-13,15-18,26,34,38H,3,8,11,14,19-25,27-28H2,(H,39,43). The summed E-state index contributed by atoms with van der Waals surface area (Å²) in [5.41, 5.74) is 3.88. The first kappa shape index (κ1) is 30.1. The molecule has 0 bridgehead atoms. The van der Waals surface area contributed by atoms with Crippen molar-refractivity contribution in [2.45, 2.75) is 63.1 Å². The van der Waals surface area contributed by atoms with Crippen molar-refractivity contribution < 1.29 is 14.3 Å². The highest BCUT2D eigenvalue weighted by Crippen LogP contribution is 2.34. The lowest BCUT2D eigenvalue weighted by Crippen LogP contribution is -2.73. The predicted molar refractivity (Wildman–Crippen MR) is 174 cm³/mol. The number of likely N-dealkylation sites (tertiary alicyclic amines) is 1. The lowest BCUT2D eigenvalue weighted by Gasteiger charge is -2.51. The number of piperidine rings is 1. The summed E-state index contributed by atoms with van der Waals surface area (Å²) in [6.45, 7) is 3.74. The first-order valence-corrected chi connectivity index (χ1v) is 16.2. The number of H-pyrrole nitrogens is 1. The molecule has 7 heteroatoms. The van der Waals surface area contributed by atoms with Crippen LogP contribution in [0.4, 0.5) is 0 Å². The van der Waals surface area contributed by atoms with Crippen molar-refractivity contribution >= 4 is 22.7 Å². The molecule has 2 saturated heterocycles. The van der Waals surface area contributed by atoms with Gasteiger partial charge in [0.1, 0.15) is 11.6 Å². The van der Waals surface area contributed by atoms with Gasteiger partial charge in [-0.15, -0.1) is 0 Å². The molecule has 0 aliphatic carbocycles. The number of ether oxygens (including phenoxy) is 1. The van der Waals surface area contributed by atoms with Crippen LogP contribution in [-0.2, 0) is 33.8 Å². The molecule has 230 valence electrons. The van der Waals surface area contributed by atoms with Crippen LogP contribution in [0.15, 0.2) is 91.1 Å². The summed E-state index contributed by atoms with van der Waals surface area (Å²) in [5.74, 6) is -0.0706.